The highest BCUT2D eigenvalue weighted by Gasteiger charge is 2.17. The molecule has 0 radical (unpaired) electrons. The van der Waals surface area contributed by atoms with Crippen molar-refractivity contribution in [1.82, 2.24) is 0 Å². The molecule has 2 aromatic rings. The molecule has 0 saturated heterocycles. The summed E-state index contributed by atoms with van der Waals surface area (Å²) in [5, 5.41) is 12.7. The van der Waals surface area contributed by atoms with E-state index in [1.807, 2.05) is 0 Å². The second-order valence-corrected chi connectivity index (χ2v) is 3.86. The van der Waals surface area contributed by atoms with Gasteiger partial charge in [0.05, 0.1) is 10.6 Å². The van der Waals surface area contributed by atoms with Gasteiger partial charge in [-0.3, -0.25) is 14.9 Å². The van der Waals surface area contributed by atoms with Crippen LogP contribution in [0.2, 0.25) is 0 Å². The highest BCUT2D eigenvalue weighted by atomic mass is 19.1. The first-order chi connectivity index (χ1) is 9.49. The van der Waals surface area contributed by atoms with Crippen molar-refractivity contribution in [3.8, 4) is 0 Å². The zero-order valence-corrected chi connectivity index (χ0v) is 9.97. The summed E-state index contributed by atoms with van der Waals surface area (Å²) in [4.78, 5) is 21.3. The van der Waals surface area contributed by atoms with E-state index in [1.165, 1.54) is 18.2 Å². The van der Waals surface area contributed by atoms with Crippen LogP contribution >= 0.6 is 0 Å². The Kier molecular flexibility index (Phi) is 3.69. The van der Waals surface area contributed by atoms with E-state index in [-0.39, 0.29) is 11.3 Å². The Morgan fingerprint density at radius 2 is 1.80 bits per heavy atom. The van der Waals surface area contributed by atoms with Crippen molar-refractivity contribution in [2.75, 3.05) is 5.32 Å². The Morgan fingerprint density at radius 1 is 1.10 bits per heavy atom. The Morgan fingerprint density at radius 3 is 2.40 bits per heavy atom. The second-order valence-electron chi connectivity index (χ2n) is 3.86. The molecular formula is C13H8F2N2O3. The minimum atomic E-state index is -1.13. The molecule has 102 valence electrons. The summed E-state index contributed by atoms with van der Waals surface area (Å²) in [7, 11) is 0. The smallest absolute Gasteiger partial charge is 0.304 e. The van der Waals surface area contributed by atoms with Crippen LogP contribution in [0.5, 0.6) is 0 Å². The van der Waals surface area contributed by atoms with Crippen molar-refractivity contribution >= 4 is 17.3 Å². The molecule has 0 bridgehead atoms. The van der Waals surface area contributed by atoms with Gasteiger partial charge in [0.25, 0.3) is 5.91 Å². The van der Waals surface area contributed by atoms with Crippen LogP contribution in [0.3, 0.4) is 0 Å². The van der Waals surface area contributed by atoms with Crippen LogP contribution in [0, 0.1) is 21.7 Å². The van der Waals surface area contributed by atoms with Gasteiger partial charge in [-0.05, 0) is 24.3 Å². The Balaban J connectivity index is 2.24. The number of nitrogens with one attached hydrogen (secondary N) is 1. The van der Waals surface area contributed by atoms with Crippen molar-refractivity contribution in [2.45, 2.75) is 0 Å². The highest BCUT2D eigenvalue weighted by Crippen LogP contribution is 2.19. The normalized spacial score (nSPS) is 10.1. The van der Waals surface area contributed by atoms with Gasteiger partial charge in [-0.25, -0.2) is 4.39 Å². The number of rotatable bonds is 3. The van der Waals surface area contributed by atoms with Crippen LogP contribution < -0.4 is 5.32 Å². The molecule has 7 heteroatoms. The molecule has 0 spiro atoms. The molecule has 1 amide bonds. The molecule has 0 aliphatic rings. The van der Waals surface area contributed by atoms with Crippen LogP contribution in [0.15, 0.2) is 42.5 Å². The molecule has 0 fully saturated rings. The number of para-hydroxylation sites is 1. The van der Waals surface area contributed by atoms with Gasteiger partial charge in [-0.2, -0.15) is 4.39 Å². The minimum Gasteiger partial charge on any atom is -0.319 e. The maximum Gasteiger partial charge on any atom is 0.304 e. The third-order valence-electron chi connectivity index (χ3n) is 2.53. The highest BCUT2D eigenvalue weighted by molar-refractivity contribution is 6.04. The summed E-state index contributed by atoms with van der Waals surface area (Å²) < 4.78 is 26.7. The molecular weight excluding hydrogens is 270 g/mol. The lowest BCUT2D eigenvalue weighted by Gasteiger charge is -2.06. The van der Waals surface area contributed by atoms with Gasteiger partial charge in [0.1, 0.15) is 5.82 Å². The van der Waals surface area contributed by atoms with E-state index in [4.69, 9.17) is 0 Å². The van der Waals surface area contributed by atoms with E-state index in [9.17, 15) is 23.7 Å². The predicted octanol–water partition coefficient (Wildman–Crippen LogP) is 3.13. The van der Waals surface area contributed by atoms with Crippen molar-refractivity contribution < 1.29 is 18.5 Å². The number of nitrogens with zero attached hydrogens (tertiary/aromatic N) is 1. The number of nitro benzene ring substituents is 1. The first-order valence-electron chi connectivity index (χ1n) is 5.49. The van der Waals surface area contributed by atoms with Crippen molar-refractivity contribution in [2.24, 2.45) is 0 Å². The summed E-state index contributed by atoms with van der Waals surface area (Å²) in [6, 6.07) is 8.18. The number of anilines is 1. The Labute approximate surface area is 112 Å². The number of halogens is 2. The van der Waals surface area contributed by atoms with E-state index in [0.717, 1.165) is 24.3 Å². The lowest BCUT2D eigenvalue weighted by molar-refractivity contribution is -0.387. The topological polar surface area (TPSA) is 72.2 Å². The third kappa shape index (κ3) is 2.77. The van der Waals surface area contributed by atoms with Crippen LogP contribution in [-0.2, 0) is 0 Å². The molecule has 0 atom stereocenters. The lowest BCUT2D eigenvalue weighted by atomic mass is 10.2. The monoisotopic (exact) mass is 278 g/mol. The van der Waals surface area contributed by atoms with Crippen LogP contribution in [0.4, 0.5) is 20.2 Å². The lowest BCUT2D eigenvalue weighted by Crippen LogP contribution is -2.13. The zero-order chi connectivity index (χ0) is 14.7. The fourth-order valence-corrected chi connectivity index (χ4v) is 1.55. The summed E-state index contributed by atoms with van der Waals surface area (Å²) >= 11 is 0. The summed E-state index contributed by atoms with van der Waals surface area (Å²) in [5.74, 6) is -2.52. The fourth-order valence-electron chi connectivity index (χ4n) is 1.55. The SMILES string of the molecule is O=C(Nc1ccccc1F)c1ccc([N+](=O)[O-])c(F)c1. The molecule has 2 rings (SSSR count). The average Bonchev–Trinajstić information content (AvgIpc) is 2.40. The zero-order valence-electron chi connectivity index (χ0n) is 9.97. The van der Waals surface area contributed by atoms with Crippen LogP contribution in [0.1, 0.15) is 10.4 Å². The van der Waals surface area contributed by atoms with E-state index in [1.54, 1.807) is 0 Å². The quantitative estimate of drug-likeness (QED) is 0.692. The second kappa shape index (κ2) is 5.43. The van der Waals surface area contributed by atoms with Crippen molar-refractivity contribution in [3.63, 3.8) is 0 Å². The number of hydrogen-bond donors (Lipinski definition) is 1. The molecule has 0 heterocycles. The number of nitro groups is 1. The van der Waals surface area contributed by atoms with E-state index in [0.29, 0.717) is 0 Å². The van der Waals surface area contributed by atoms with E-state index < -0.39 is 28.2 Å². The minimum absolute atomic E-state index is 0.0590. The molecule has 2 aromatic carbocycles. The molecule has 0 unspecified atom stereocenters. The Hall–Kier alpha value is -2.83. The standard InChI is InChI=1S/C13H8F2N2O3/c14-9-3-1-2-4-11(9)16-13(18)8-5-6-12(17(19)20)10(15)7-8/h1-7H,(H,16,18). The maximum atomic E-state index is 13.4. The van der Waals surface area contributed by atoms with Gasteiger partial charge in [0.15, 0.2) is 0 Å². The first kappa shape index (κ1) is 13.6. The number of amides is 1. The predicted molar refractivity (Wildman–Crippen MR) is 67.4 cm³/mol. The molecule has 0 aliphatic heterocycles. The third-order valence-corrected chi connectivity index (χ3v) is 2.53. The summed E-state index contributed by atoms with van der Waals surface area (Å²) in [5.41, 5.74) is -0.931. The van der Waals surface area contributed by atoms with Gasteiger partial charge < -0.3 is 5.32 Å². The molecule has 0 aromatic heterocycles. The Bertz CT molecular complexity index is 689. The van der Waals surface area contributed by atoms with Crippen molar-refractivity contribution in [1.29, 1.82) is 0 Å². The van der Waals surface area contributed by atoms with Gasteiger partial charge in [0, 0.05) is 11.6 Å². The van der Waals surface area contributed by atoms with Crippen LogP contribution in [0.25, 0.3) is 0 Å². The number of hydrogen-bond acceptors (Lipinski definition) is 3. The average molecular weight is 278 g/mol. The van der Waals surface area contributed by atoms with Gasteiger partial charge >= 0.3 is 5.69 Å². The first-order valence-corrected chi connectivity index (χ1v) is 5.49. The molecule has 5 nitrogen and oxygen atoms in total. The van der Waals surface area contributed by atoms with E-state index in [2.05, 4.69) is 5.32 Å². The number of carbonyl (C=O) groups excluding carboxylic acids is 1. The number of carbonyl (C=O) groups is 1. The molecule has 0 saturated carbocycles. The summed E-state index contributed by atoms with van der Waals surface area (Å²) in [6.45, 7) is 0. The molecule has 0 aliphatic carbocycles. The van der Waals surface area contributed by atoms with E-state index >= 15 is 0 Å². The maximum absolute atomic E-state index is 13.4. The van der Waals surface area contributed by atoms with Gasteiger partial charge in [0.2, 0.25) is 5.82 Å². The van der Waals surface area contributed by atoms with Gasteiger partial charge in [-0.1, -0.05) is 12.1 Å². The molecule has 20 heavy (non-hydrogen) atoms. The van der Waals surface area contributed by atoms with Gasteiger partial charge in [-0.15, -0.1) is 0 Å². The van der Waals surface area contributed by atoms with Crippen LogP contribution in [-0.4, -0.2) is 10.8 Å². The molecule has 1 N–H and O–H groups in total. The fraction of sp³-hybridized carbons (Fsp3) is 0. The summed E-state index contributed by atoms with van der Waals surface area (Å²) in [6.07, 6.45) is 0. The largest absolute Gasteiger partial charge is 0.319 e. The number of benzene rings is 2. The van der Waals surface area contributed by atoms with Crippen molar-refractivity contribution in [3.05, 3.63) is 69.8 Å².